The molecule has 3 unspecified atom stereocenters. The predicted octanol–water partition coefficient (Wildman–Crippen LogP) is 0.127. The number of ether oxygens (including phenoxy) is 1. The fraction of sp³-hybridized carbons (Fsp3) is 0.923. The van der Waals surface area contributed by atoms with Crippen LogP contribution >= 0.6 is 0 Å². The van der Waals surface area contributed by atoms with E-state index >= 15 is 0 Å². The lowest BCUT2D eigenvalue weighted by atomic mass is 9.98. The number of nitrogens with one attached hydrogen (secondary N) is 1. The molecule has 2 aliphatic rings. The molecule has 0 saturated carbocycles. The van der Waals surface area contributed by atoms with Gasteiger partial charge in [-0.3, -0.25) is 4.79 Å². The third-order valence-electron chi connectivity index (χ3n) is 4.10. The van der Waals surface area contributed by atoms with Crippen molar-refractivity contribution in [2.75, 3.05) is 26.7 Å². The van der Waals surface area contributed by atoms with Gasteiger partial charge < -0.3 is 20.1 Å². The maximum Gasteiger partial charge on any atom is 0.239 e. The number of hydrogen-bond donors (Lipinski definition) is 2. The fourth-order valence-electron chi connectivity index (χ4n) is 2.78. The summed E-state index contributed by atoms with van der Waals surface area (Å²) in [5.41, 5.74) is -0.618. The summed E-state index contributed by atoms with van der Waals surface area (Å²) in [5, 5.41) is 13.2. The molecule has 1 amide bonds. The second-order valence-electron chi connectivity index (χ2n) is 5.73. The minimum atomic E-state index is -0.618. The molecule has 0 aromatic carbocycles. The Kier molecular flexibility index (Phi) is 4.25. The summed E-state index contributed by atoms with van der Waals surface area (Å²) in [6.07, 6.45) is 3.21. The third-order valence-corrected chi connectivity index (χ3v) is 4.10. The van der Waals surface area contributed by atoms with E-state index in [4.69, 9.17) is 4.74 Å². The van der Waals surface area contributed by atoms with Crippen molar-refractivity contribution in [3.8, 4) is 0 Å². The molecule has 0 radical (unpaired) electrons. The van der Waals surface area contributed by atoms with Gasteiger partial charge in [0.1, 0.15) is 0 Å². The zero-order chi connectivity index (χ0) is 13.2. The van der Waals surface area contributed by atoms with Crippen LogP contribution in [-0.4, -0.2) is 60.4 Å². The first-order valence-corrected chi connectivity index (χ1v) is 6.79. The Labute approximate surface area is 108 Å². The number of methoxy groups -OCH3 is 1. The van der Waals surface area contributed by atoms with Gasteiger partial charge >= 0.3 is 0 Å². The molecule has 5 nitrogen and oxygen atoms in total. The summed E-state index contributed by atoms with van der Waals surface area (Å²) in [6.45, 7) is 4.01. The molecule has 3 atom stereocenters. The first-order valence-electron chi connectivity index (χ1n) is 6.79. The zero-order valence-corrected chi connectivity index (χ0v) is 11.3. The van der Waals surface area contributed by atoms with Crippen molar-refractivity contribution in [1.29, 1.82) is 0 Å². The van der Waals surface area contributed by atoms with Crippen LogP contribution in [0.15, 0.2) is 0 Å². The van der Waals surface area contributed by atoms with Crippen LogP contribution in [0.3, 0.4) is 0 Å². The first kappa shape index (κ1) is 13.8. The number of aliphatic hydroxyl groups is 1. The quantitative estimate of drug-likeness (QED) is 0.737. The predicted molar refractivity (Wildman–Crippen MR) is 68.3 cm³/mol. The van der Waals surface area contributed by atoms with E-state index in [9.17, 15) is 9.90 Å². The fourth-order valence-corrected chi connectivity index (χ4v) is 2.78. The topological polar surface area (TPSA) is 61.8 Å². The van der Waals surface area contributed by atoms with Crippen LogP contribution in [0, 0.1) is 0 Å². The van der Waals surface area contributed by atoms with E-state index in [2.05, 4.69) is 5.32 Å². The molecule has 104 valence electrons. The van der Waals surface area contributed by atoms with Crippen LogP contribution in [0.4, 0.5) is 0 Å². The van der Waals surface area contributed by atoms with Gasteiger partial charge in [0.25, 0.3) is 0 Å². The van der Waals surface area contributed by atoms with Gasteiger partial charge in [-0.25, -0.2) is 0 Å². The highest BCUT2D eigenvalue weighted by Crippen LogP contribution is 2.22. The van der Waals surface area contributed by atoms with E-state index in [1.165, 1.54) is 0 Å². The normalized spacial score (nSPS) is 37.6. The Bertz CT molecular complexity index is 307. The van der Waals surface area contributed by atoms with E-state index < -0.39 is 5.60 Å². The third kappa shape index (κ3) is 3.22. The highest BCUT2D eigenvalue weighted by atomic mass is 16.5. The molecule has 18 heavy (non-hydrogen) atoms. The largest absolute Gasteiger partial charge is 0.390 e. The molecular formula is C13H24N2O3. The average molecular weight is 256 g/mol. The van der Waals surface area contributed by atoms with Gasteiger partial charge in [-0.2, -0.15) is 0 Å². The van der Waals surface area contributed by atoms with Gasteiger partial charge in [0, 0.05) is 26.7 Å². The Balaban J connectivity index is 1.89. The van der Waals surface area contributed by atoms with Gasteiger partial charge in [-0.1, -0.05) is 0 Å². The minimum Gasteiger partial charge on any atom is -0.390 e. The monoisotopic (exact) mass is 256 g/mol. The van der Waals surface area contributed by atoms with Gasteiger partial charge in [0.05, 0.1) is 17.7 Å². The summed E-state index contributed by atoms with van der Waals surface area (Å²) < 4.78 is 5.26. The molecule has 0 aromatic heterocycles. The van der Waals surface area contributed by atoms with E-state index in [0.717, 1.165) is 32.4 Å². The lowest BCUT2D eigenvalue weighted by molar-refractivity contribution is -0.133. The highest BCUT2D eigenvalue weighted by Gasteiger charge is 2.34. The lowest BCUT2D eigenvalue weighted by Crippen LogP contribution is -2.44. The van der Waals surface area contributed by atoms with Crippen LogP contribution < -0.4 is 5.32 Å². The lowest BCUT2D eigenvalue weighted by Gasteiger charge is -2.25. The summed E-state index contributed by atoms with van der Waals surface area (Å²) in [7, 11) is 1.68. The van der Waals surface area contributed by atoms with E-state index in [1.54, 1.807) is 7.11 Å². The van der Waals surface area contributed by atoms with E-state index in [-0.39, 0.29) is 18.1 Å². The van der Waals surface area contributed by atoms with Gasteiger partial charge in [-0.15, -0.1) is 0 Å². The van der Waals surface area contributed by atoms with Crippen molar-refractivity contribution >= 4 is 5.91 Å². The summed E-state index contributed by atoms with van der Waals surface area (Å²) in [5.74, 6) is 0.159. The SMILES string of the molecule is COC1CNC(C(=O)N2CCCC(C)(O)CC2)C1. The molecule has 2 saturated heterocycles. The maximum atomic E-state index is 12.4. The van der Waals surface area contributed by atoms with Crippen molar-refractivity contribution < 1.29 is 14.6 Å². The number of carbonyl (C=O) groups excluding carboxylic acids is 1. The molecule has 0 spiro atoms. The van der Waals surface area contributed by atoms with Gasteiger partial charge in [-0.05, 0) is 32.6 Å². The summed E-state index contributed by atoms with van der Waals surface area (Å²) in [4.78, 5) is 14.2. The van der Waals surface area contributed by atoms with E-state index in [0.29, 0.717) is 13.0 Å². The van der Waals surface area contributed by atoms with Crippen LogP contribution in [0.2, 0.25) is 0 Å². The van der Waals surface area contributed by atoms with Crippen LogP contribution in [0.5, 0.6) is 0 Å². The number of nitrogens with zero attached hydrogens (tertiary/aromatic N) is 1. The molecule has 2 heterocycles. The average Bonchev–Trinajstić information content (AvgIpc) is 2.74. The first-order chi connectivity index (χ1) is 8.52. The van der Waals surface area contributed by atoms with Crippen molar-refractivity contribution in [3.05, 3.63) is 0 Å². The zero-order valence-electron chi connectivity index (χ0n) is 11.3. The molecular weight excluding hydrogens is 232 g/mol. The Morgan fingerprint density at radius 2 is 2.22 bits per heavy atom. The van der Waals surface area contributed by atoms with Crippen LogP contribution in [-0.2, 0) is 9.53 Å². The minimum absolute atomic E-state index is 0.113. The molecule has 5 heteroatoms. The number of hydrogen-bond acceptors (Lipinski definition) is 4. The van der Waals surface area contributed by atoms with Crippen molar-refractivity contribution in [3.63, 3.8) is 0 Å². The van der Waals surface area contributed by atoms with Crippen molar-refractivity contribution in [2.45, 2.75) is 50.4 Å². The number of rotatable bonds is 2. The molecule has 2 rings (SSSR count). The Hall–Kier alpha value is -0.650. The van der Waals surface area contributed by atoms with Gasteiger partial charge in [0.2, 0.25) is 5.91 Å². The van der Waals surface area contributed by atoms with Crippen molar-refractivity contribution in [1.82, 2.24) is 10.2 Å². The van der Waals surface area contributed by atoms with E-state index in [1.807, 2.05) is 11.8 Å². The Morgan fingerprint density at radius 1 is 1.44 bits per heavy atom. The Morgan fingerprint density at radius 3 is 2.89 bits per heavy atom. The molecule has 0 aromatic rings. The second kappa shape index (κ2) is 5.55. The standard InChI is InChI=1S/C13H24N2O3/c1-13(17)4-3-6-15(7-5-13)12(16)11-8-10(18-2)9-14-11/h10-11,14,17H,3-9H2,1-2H3. The number of amides is 1. The highest BCUT2D eigenvalue weighted by molar-refractivity contribution is 5.82. The molecule has 2 N–H and O–H groups in total. The molecule has 0 aliphatic carbocycles. The smallest absolute Gasteiger partial charge is 0.239 e. The van der Waals surface area contributed by atoms with Crippen LogP contribution in [0.25, 0.3) is 0 Å². The van der Waals surface area contributed by atoms with Crippen molar-refractivity contribution in [2.24, 2.45) is 0 Å². The molecule has 2 aliphatic heterocycles. The van der Waals surface area contributed by atoms with Gasteiger partial charge in [0.15, 0.2) is 0 Å². The number of likely N-dealkylation sites (tertiary alicyclic amines) is 1. The van der Waals surface area contributed by atoms with Crippen LogP contribution in [0.1, 0.15) is 32.6 Å². The second-order valence-corrected chi connectivity index (χ2v) is 5.73. The molecule has 0 bridgehead atoms. The summed E-state index contributed by atoms with van der Waals surface area (Å²) in [6, 6.07) is -0.113. The molecule has 2 fully saturated rings. The maximum absolute atomic E-state index is 12.4. The summed E-state index contributed by atoms with van der Waals surface area (Å²) >= 11 is 0. The number of carbonyl (C=O) groups is 1.